The Morgan fingerprint density at radius 2 is 2.17 bits per heavy atom. The first-order valence-corrected chi connectivity index (χ1v) is 7.12. The number of nitrogens with two attached hydrogens (primary N) is 1. The zero-order valence-electron chi connectivity index (χ0n) is 11.2. The largest absolute Gasteiger partial charge is 0.369 e. The monoisotopic (exact) mass is 248 g/mol. The van der Waals surface area contributed by atoms with E-state index >= 15 is 0 Å². The molecule has 1 aliphatic carbocycles. The van der Waals surface area contributed by atoms with Crippen LogP contribution in [0.4, 0.5) is 0 Å². The lowest BCUT2D eigenvalue weighted by molar-refractivity contribution is -0.0438. The number of aromatic nitrogens is 1. The SMILES string of the molecule is CCC(N)C(OC1CCCCC1)c1cccnc1. The van der Waals surface area contributed by atoms with Gasteiger partial charge in [0, 0.05) is 24.0 Å². The summed E-state index contributed by atoms with van der Waals surface area (Å²) in [4.78, 5) is 4.18. The zero-order chi connectivity index (χ0) is 12.8. The maximum absolute atomic E-state index is 6.27. The lowest BCUT2D eigenvalue weighted by Gasteiger charge is -2.30. The predicted molar refractivity (Wildman–Crippen MR) is 73.2 cm³/mol. The minimum absolute atomic E-state index is 0.00759. The Balaban J connectivity index is 2.05. The summed E-state index contributed by atoms with van der Waals surface area (Å²) >= 11 is 0. The standard InChI is InChI=1S/C15H24N2O/c1-2-14(16)15(12-7-6-10-17-11-12)18-13-8-4-3-5-9-13/h6-7,10-11,13-15H,2-5,8-9,16H2,1H3. The minimum atomic E-state index is -0.00759. The quantitative estimate of drug-likeness (QED) is 0.870. The summed E-state index contributed by atoms with van der Waals surface area (Å²) in [5.41, 5.74) is 7.32. The van der Waals surface area contributed by atoms with Crippen molar-refractivity contribution in [3.05, 3.63) is 30.1 Å². The van der Waals surface area contributed by atoms with Gasteiger partial charge in [-0.05, 0) is 25.3 Å². The number of hydrogen-bond acceptors (Lipinski definition) is 3. The highest BCUT2D eigenvalue weighted by molar-refractivity contribution is 5.14. The fourth-order valence-corrected chi connectivity index (χ4v) is 2.59. The van der Waals surface area contributed by atoms with E-state index < -0.39 is 0 Å². The fourth-order valence-electron chi connectivity index (χ4n) is 2.59. The molecule has 1 aliphatic rings. The van der Waals surface area contributed by atoms with Crippen molar-refractivity contribution in [1.29, 1.82) is 0 Å². The Morgan fingerprint density at radius 1 is 1.39 bits per heavy atom. The molecular formula is C15H24N2O. The van der Waals surface area contributed by atoms with E-state index in [1.807, 2.05) is 12.3 Å². The second-order valence-electron chi connectivity index (χ2n) is 5.18. The zero-order valence-corrected chi connectivity index (χ0v) is 11.2. The lowest BCUT2D eigenvalue weighted by Crippen LogP contribution is -2.33. The summed E-state index contributed by atoms with van der Waals surface area (Å²) in [5, 5.41) is 0. The summed E-state index contributed by atoms with van der Waals surface area (Å²) in [6, 6.07) is 4.07. The second-order valence-corrected chi connectivity index (χ2v) is 5.18. The van der Waals surface area contributed by atoms with Gasteiger partial charge in [-0.25, -0.2) is 0 Å². The molecule has 0 radical (unpaired) electrons. The number of nitrogens with zero attached hydrogens (tertiary/aromatic N) is 1. The van der Waals surface area contributed by atoms with Crippen LogP contribution in [0.2, 0.25) is 0 Å². The van der Waals surface area contributed by atoms with E-state index in [1.54, 1.807) is 6.20 Å². The molecule has 100 valence electrons. The summed E-state index contributed by atoms with van der Waals surface area (Å²) in [7, 11) is 0. The van der Waals surface area contributed by atoms with E-state index in [2.05, 4.69) is 18.0 Å². The van der Waals surface area contributed by atoms with Crippen LogP contribution in [-0.2, 0) is 4.74 Å². The third-order valence-electron chi connectivity index (χ3n) is 3.76. The average Bonchev–Trinajstić information content (AvgIpc) is 2.46. The van der Waals surface area contributed by atoms with Crippen molar-refractivity contribution in [2.75, 3.05) is 0 Å². The number of hydrogen-bond donors (Lipinski definition) is 1. The molecule has 2 atom stereocenters. The van der Waals surface area contributed by atoms with Gasteiger partial charge in [0.15, 0.2) is 0 Å². The molecule has 0 aromatic carbocycles. The topological polar surface area (TPSA) is 48.1 Å². The Hall–Kier alpha value is -0.930. The van der Waals surface area contributed by atoms with E-state index in [0.29, 0.717) is 6.10 Å². The van der Waals surface area contributed by atoms with E-state index in [9.17, 15) is 0 Å². The van der Waals surface area contributed by atoms with E-state index in [1.165, 1.54) is 32.1 Å². The summed E-state index contributed by atoms with van der Waals surface area (Å²) < 4.78 is 6.27. The number of ether oxygens (including phenoxy) is 1. The van der Waals surface area contributed by atoms with E-state index in [-0.39, 0.29) is 12.1 Å². The molecule has 0 bridgehead atoms. The van der Waals surface area contributed by atoms with Crippen molar-refractivity contribution in [3.63, 3.8) is 0 Å². The molecule has 1 aromatic heterocycles. The van der Waals surface area contributed by atoms with Crippen LogP contribution in [0.1, 0.15) is 57.1 Å². The van der Waals surface area contributed by atoms with Crippen molar-refractivity contribution in [2.24, 2.45) is 5.73 Å². The molecule has 2 rings (SSSR count). The Labute approximate surface area is 110 Å². The summed E-state index contributed by atoms with van der Waals surface area (Å²) in [6.45, 7) is 2.11. The summed E-state index contributed by atoms with van der Waals surface area (Å²) in [5.74, 6) is 0. The first kappa shape index (κ1) is 13.5. The summed E-state index contributed by atoms with van der Waals surface area (Å²) in [6.07, 6.45) is 11.2. The highest BCUT2D eigenvalue weighted by atomic mass is 16.5. The van der Waals surface area contributed by atoms with Crippen LogP contribution >= 0.6 is 0 Å². The smallest absolute Gasteiger partial charge is 0.0994 e. The fraction of sp³-hybridized carbons (Fsp3) is 0.667. The molecule has 2 N–H and O–H groups in total. The molecular weight excluding hydrogens is 224 g/mol. The van der Waals surface area contributed by atoms with Crippen LogP contribution in [0, 0.1) is 0 Å². The van der Waals surface area contributed by atoms with Gasteiger partial charge in [-0.3, -0.25) is 4.98 Å². The first-order chi connectivity index (χ1) is 8.81. The second kappa shape index (κ2) is 6.86. The molecule has 3 heteroatoms. The molecule has 3 nitrogen and oxygen atoms in total. The van der Waals surface area contributed by atoms with Crippen molar-refractivity contribution in [1.82, 2.24) is 4.98 Å². The van der Waals surface area contributed by atoms with Crippen LogP contribution in [0.25, 0.3) is 0 Å². The molecule has 2 unspecified atom stereocenters. The van der Waals surface area contributed by atoms with Crippen LogP contribution in [0.15, 0.2) is 24.5 Å². The van der Waals surface area contributed by atoms with Crippen molar-refractivity contribution >= 4 is 0 Å². The van der Waals surface area contributed by atoms with E-state index in [0.717, 1.165) is 12.0 Å². The van der Waals surface area contributed by atoms with Gasteiger partial charge in [0.05, 0.1) is 12.2 Å². The molecule has 0 amide bonds. The highest BCUT2D eigenvalue weighted by Gasteiger charge is 2.24. The molecule has 1 fully saturated rings. The average molecular weight is 248 g/mol. The molecule has 18 heavy (non-hydrogen) atoms. The van der Waals surface area contributed by atoms with Crippen LogP contribution < -0.4 is 5.73 Å². The van der Waals surface area contributed by atoms with Crippen LogP contribution in [0.5, 0.6) is 0 Å². The third-order valence-corrected chi connectivity index (χ3v) is 3.76. The van der Waals surface area contributed by atoms with E-state index in [4.69, 9.17) is 10.5 Å². The van der Waals surface area contributed by atoms with Gasteiger partial charge in [0.25, 0.3) is 0 Å². The lowest BCUT2D eigenvalue weighted by atomic mass is 9.96. The van der Waals surface area contributed by atoms with Crippen molar-refractivity contribution in [2.45, 2.75) is 63.7 Å². The highest BCUT2D eigenvalue weighted by Crippen LogP contribution is 2.29. The Morgan fingerprint density at radius 3 is 2.78 bits per heavy atom. The Kier molecular flexibility index (Phi) is 5.14. The minimum Gasteiger partial charge on any atom is -0.369 e. The maximum atomic E-state index is 6.27. The van der Waals surface area contributed by atoms with Gasteiger partial charge in [-0.2, -0.15) is 0 Å². The van der Waals surface area contributed by atoms with Gasteiger partial charge in [0.1, 0.15) is 0 Å². The van der Waals surface area contributed by atoms with Gasteiger partial charge in [-0.15, -0.1) is 0 Å². The molecule has 1 saturated carbocycles. The van der Waals surface area contributed by atoms with Gasteiger partial charge in [-0.1, -0.05) is 32.3 Å². The van der Waals surface area contributed by atoms with Gasteiger partial charge < -0.3 is 10.5 Å². The Bertz CT molecular complexity index is 336. The first-order valence-electron chi connectivity index (χ1n) is 7.12. The van der Waals surface area contributed by atoms with Crippen LogP contribution in [-0.4, -0.2) is 17.1 Å². The predicted octanol–water partition coefficient (Wildman–Crippen LogP) is 3.21. The molecule has 1 aromatic rings. The van der Waals surface area contributed by atoms with Crippen molar-refractivity contribution < 1.29 is 4.74 Å². The molecule has 0 spiro atoms. The third kappa shape index (κ3) is 3.53. The normalized spacial score (nSPS) is 20.6. The van der Waals surface area contributed by atoms with Crippen LogP contribution in [0.3, 0.4) is 0 Å². The van der Waals surface area contributed by atoms with Gasteiger partial charge in [0.2, 0.25) is 0 Å². The van der Waals surface area contributed by atoms with Gasteiger partial charge >= 0.3 is 0 Å². The number of pyridine rings is 1. The number of rotatable bonds is 5. The maximum Gasteiger partial charge on any atom is 0.0994 e. The molecule has 0 aliphatic heterocycles. The molecule has 0 saturated heterocycles. The molecule has 1 heterocycles. The van der Waals surface area contributed by atoms with Crippen molar-refractivity contribution in [3.8, 4) is 0 Å².